The molecule has 0 atom stereocenters. The quantitative estimate of drug-likeness (QED) is 0.373. The molecule has 76 valence electrons. The zero-order chi connectivity index (χ0) is 10.4. The van der Waals surface area contributed by atoms with Crippen LogP contribution in [0.25, 0.3) is 0 Å². The van der Waals surface area contributed by atoms with E-state index >= 15 is 0 Å². The topological polar surface area (TPSA) is 21.6 Å². The summed E-state index contributed by atoms with van der Waals surface area (Å²) in [7, 11) is 1.74. The summed E-state index contributed by atoms with van der Waals surface area (Å²) < 4.78 is 5.64. The lowest BCUT2D eigenvalue weighted by Crippen LogP contribution is -2.07. The fraction of sp³-hybridized carbons (Fsp3) is 0.727. The Bertz CT molecular complexity index is 214. The van der Waals surface area contributed by atoms with Crippen LogP contribution in [-0.2, 0) is 4.74 Å². The molecule has 2 nitrogen and oxygen atoms in total. The average molecular weight is 183 g/mol. The minimum atomic E-state index is 0.427. The van der Waals surface area contributed by atoms with Crippen LogP contribution in [-0.4, -0.2) is 12.9 Å². The lowest BCUT2D eigenvalue weighted by Gasteiger charge is -2.15. The molecule has 0 aliphatic rings. The molecule has 0 bridgehead atoms. The van der Waals surface area contributed by atoms with Gasteiger partial charge in [-0.25, -0.2) is 0 Å². The minimum Gasteiger partial charge on any atom is -0.448 e. The van der Waals surface area contributed by atoms with Crippen molar-refractivity contribution < 1.29 is 4.74 Å². The molecule has 0 aromatic carbocycles. The lowest BCUT2D eigenvalue weighted by atomic mass is 10.1. The van der Waals surface area contributed by atoms with E-state index in [0.29, 0.717) is 5.92 Å². The van der Waals surface area contributed by atoms with Crippen molar-refractivity contribution in [1.29, 1.82) is 0 Å². The molecule has 0 saturated heterocycles. The maximum atomic E-state index is 5.64. The van der Waals surface area contributed by atoms with Crippen LogP contribution in [0.3, 0.4) is 0 Å². The number of allylic oxidation sites excluding steroid dienone is 2. The Morgan fingerprint density at radius 3 is 2.15 bits per heavy atom. The molecular formula is C11H21NO. The third-order valence-electron chi connectivity index (χ3n) is 2.05. The summed E-state index contributed by atoms with van der Waals surface area (Å²) in [4.78, 5) is 3.99. The molecule has 0 saturated carbocycles. The Hall–Kier alpha value is -0.790. The van der Waals surface area contributed by atoms with E-state index < -0.39 is 0 Å². The molecule has 2 heteroatoms. The van der Waals surface area contributed by atoms with Gasteiger partial charge in [0.05, 0.1) is 0 Å². The molecule has 0 aromatic heterocycles. The molecule has 0 unspecified atom stereocenters. The summed E-state index contributed by atoms with van der Waals surface area (Å²) >= 11 is 0. The normalized spacial score (nSPS) is 14.5. The van der Waals surface area contributed by atoms with E-state index in [1.54, 1.807) is 7.05 Å². The summed E-state index contributed by atoms with van der Waals surface area (Å²) in [5.74, 6) is 2.22. The van der Waals surface area contributed by atoms with Crippen LogP contribution >= 0.6 is 0 Å². The molecule has 0 radical (unpaired) electrons. The Kier molecular flexibility index (Phi) is 5.44. The Morgan fingerprint density at radius 1 is 1.31 bits per heavy atom. The molecule has 0 aliphatic carbocycles. The van der Waals surface area contributed by atoms with Crippen LogP contribution in [0, 0.1) is 5.92 Å². The van der Waals surface area contributed by atoms with Crippen molar-refractivity contribution in [1.82, 2.24) is 0 Å². The smallest absolute Gasteiger partial charge is 0.186 e. The molecule has 0 aromatic rings. The van der Waals surface area contributed by atoms with Gasteiger partial charge in [-0.3, -0.25) is 4.99 Å². The van der Waals surface area contributed by atoms with E-state index in [9.17, 15) is 0 Å². The van der Waals surface area contributed by atoms with Crippen molar-refractivity contribution in [3.05, 3.63) is 11.3 Å². The summed E-state index contributed by atoms with van der Waals surface area (Å²) in [6, 6.07) is 0. The van der Waals surface area contributed by atoms with Gasteiger partial charge in [-0.1, -0.05) is 20.8 Å². The number of hydrogen-bond donors (Lipinski definition) is 0. The zero-order valence-corrected chi connectivity index (χ0v) is 9.64. The second kappa shape index (κ2) is 5.79. The Morgan fingerprint density at radius 2 is 1.85 bits per heavy atom. The molecule has 0 amide bonds. The highest BCUT2D eigenvalue weighted by Crippen LogP contribution is 2.18. The van der Waals surface area contributed by atoms with E-state index in [0.717, 1.165) is 18.1 Å². The highest BCUT2D eigenvalue weighted by molar-refractivity contribution is 5.74. The first-order valence-corrected chi connectivity index (χ1v) is 4.83. The van der Waals surface area contributed by atoms with Gasteiger partial charge in [0.15, 0.2) is 5.90 Å². The van der Waals surface area contributed by atoms with Crippen LogP contribution < -0.4 is 0 Å². The maximum absolute atomic E-state index is 5.64. The number of hydrogen-bond acceptors (Lipinski definition) is 2. The summed E-state index contributed by atoms with van der Waals surface area (Å²) in [5, 5.41) is 0. The van der Waals surface area contributed by atoms with Crippen molar-refractivity contribution in [2.75, 3.05) is 7.05 Å². The van der Waals surface area contributed by atoms with Gasteiger partial charge >= 0.3 is 0 Å². The first-order chi connectivity index (χ1) is 6.02. The summed E-state index contributed by atoms with van der Waals surface area (Å²) in [6.45, 7) is 10.4. The van der Waals surface area contributed by atoms with Crippen molar-refractivity contribution in [2.45, 2.75) is 41.0 Å². The molecule has 0 fully saturated rings. The van der Waals surface area contributed by atoms with Crippen LogP contribution in [0.5, 0.6) is 0 Å². The van der Waals surface area contributed by atoms with Crippen LogP contribution in [0.2, 0.25) is 0 Å². The molecule has 0 spiro atoms. The van der Waals surface area contributed by atoms with Gasteiger partial charge in [-0.15, -0.1) is 0 Å². The fourth-order valence-electron chi connectivity index (χ4n) is 1.08. The van der Waals surface area contributed by atoms with Gasteiger partial charge in [-0.05, 0) is 18.9 Å². The highest BCUT2D eigenvalue weighted by Gasteiger charge is 2.09. The second-order valence-corrected chi connectivity index (χ2v) is 3.50. The van der Waals surface area contributed by atoms with Gasteiger partial charge in [0, 0.05) is 19.9 Å². The summed E-state index contributed by atoms with van der Waals surface area (Å²) in [6.07, 6.45) is 1.03. The zero-order valence-electron chi connectivity index (χ0n) is 9.64. The van der Waals surface area contributed by atoms with E-state index in [2.05, 4.69) is 32.7 Å². The van der Waals surface area contributed by atoms with Gasteiger partial charge in [-0.2, -0.15) is 0 Å². The first-order valence-electron chi connectivity index (χ1n) is 4.83. The van der Waals surface area contributed by atoms with Crippen molar-refractivity contribution in [3.8, 4) is 0 Å². The third kappa shape index (κ3) is 4.11. The SMILES string of the molecule is CC/C(C)=C(\O/C(C)=N\C)C(C)C. The van der Waals surface area contributed by atoms with Crippen molar-refractivity contribution in [3.63, 3.8) is 0 Å². The number of ether oxygens (including phenoxy) is 1. The highest BCUT2D eigenvalue weighted by atomic mass is 16.5. The minimum absolute atomic E-state index is 0.427. The van der Waals surface area contributed by atoms with E-state index in [4.69, 9.17) is 4.74 Å². The Balaban J connectivity index is 4.64. The molecular weight excluding hydrogens is 162 g/mol. The number of aliphatic imine (C=N–C) groups is 1. The monoisotopic (exact) mass is 183 g/mol. The second-order valence-electron chi connectivity index (χ2n) is 3.50. The van der Waals surface area contributed by atoms with Gasteiger partial charge in [0.2, 0.25) is 0 Å². The van der Waals surface area contributed by atoms with Gasteiger partial charge in [0.1, 0.15) is 5.76 Å². The molecule has 0 rings (SSSR count). The molecule has 0 aliphatic heterocycles. The van der Waals surface area contributed by atoms with Crippen LogP contribution in [0.4, 0.5) is 0 Å². The molecule has 0 N–H and O–H groups in total. The fourth-order valence-corrected chi connectivity index (χ4v) is 1.08. The molecule has 0 heterocycles. The van der Waals surface area contributed by atoms with Crippen molar-refractivity contribution >= 4 is 5.90 Å². The largest absolute Gasteiger partial charge is 0.448 e. The third-order valence-corrected chi connectivity index (χ3v) is 2.05. The first kappa shape index (κ1) is 12.2. The average Bonchev–Trinajstić information content (AvgIpc) is 2.11. The van der Waals surface area contributed by atoms with Crippen molar-refractivity contribution in [2.24, 2.45) is 10.9 Å². The van der Waals surface area contributed by atoms with E-state index in [1.807, 2.05) is 6.92 Å². The van der Waals surface area contributed by atoms with Gasteiger partial charge < -0.3 is 4.74 Å². The predicted molar refractivity (Wildman–Crippen MR) is 57.9 cm³/mol. The standard InChI is InChI=1S/C11H21NO/c1-7-9(4)11(8(2)3)13-10(5)12-6/h8H,7H2,1-6H3/b11-9-,12-10-. The summed E-state index contributed by atoms with van der Waals surface area (Å²) in [5.41, 5.74) is 1.30. The van der Waals surface area contributed by atoms with Crippen LogP contribution in [0.1, 0.15) is 41.0 Å². The van der Waals surface area contributed by atoms with E-state index in [-0.39, 0.29) is 0 Å². The lowest BCUT2D eigenvalue weighted by molar-refractivity contribution is 0.346. The number of rotatable bonds is 3. The number of nitrogens with zero attached hydrogens (tertiary/aromatic N) is 1. The van der Waals surface area contributed by atoms with Gasteiger partial charge in [0.25, 0.3) is 0 Å². The van der Waals surface area contributed by atoms with Crippen LogP contribution in [0.15, 0.2) is 16.3 Å². The maximum Gasteiger partial charge on any atom is 0.186 e. The Labute approximate surface area is 81.7 Å². The van der Waals surface area contributed by atoms with E-state index in [1.165, 1.54) is 5.57 Å². The predicted octanol–water partition coefficient (Wildman–Crippen LogP) is 3.39. The molecule has 13 heavy (non-hydrogen) atoms.